The lowest BCUT2D eigenvalue weighted by Crippen LogP contribution is -2.28. The van der Waals surface area contributed by atoms with Crippen LogP contribution in [0.15, 0.2) is 53.5 Å². The zero-order chi connectivity index (χ0) is 16.9. The van der Waals surface area contributed by atoms with Crippen LogP contribution in [0.3, 0.4) is 0 Å². The monoisotopic (exact) mass is 439 g/mol. The van der Waals surface area contributed by atoms with Gasteiger partial charge in [-0.25, -0.2) is 0 Å². The molecule has 0 aliphatic rings. The number of hydrogen-bond donors (Lipinski definition) is 2. The molecule has 0 heterocycles. The van der Waals surface area contributed by atoms with Gasteiger partial charge in [0.2, 0.25) is 0 Å². The van der Waals surface area contributed by atoms with Gasteiger partial charge in [0.05, 0.1) is 13.7 Å². The predicted molar refractivity (Wildman–Crippen MR) is 113 cm³/mol. The number of aryl methyl sites for hydroxylation is 1. The van der Waals surface area contributed by atoms with E-state index in [1.807, 2.05) is 24.3 Å². The molecule has 0 fully saturated rings. The fourth-order valence-corrected chi connectivity index (χ4v) is 2.59. The molecule has 0 aliphatic carbocycles. The second kappa shape index (κ2) is 8.92. The summed E-state index contributed by atoms with van der Waals surface area (Å²) in [7, 11) is 1.64. The Morgan fingerprint density at radius 3 is 2.54 bits per heavy atom. The number of hydrogen-bond acceptors (Lipinski definition) is 2. The smallest absolute Gasteiger partial charge is 0.193 e. The van der Waals surface area contributed by atoms with E-state index in [9.17, 15) is 0 Å². The first-order chi connectivity index (χ1) is 10.9. The van der Waals surface area contributed by atoms with E-state index in [-0.39, 0.29) is 29.4 Å². The maximum absolute atomic E-state index is 6.02. The highest BCUT2D eigenvalue weighted by Crippen LogP contribution is 2.26. The molecule has 0 aromatic heterocycles. The van der Waals surface area contributed by atoms with Crippen molar-refractivity contribution in [1.29, 1.82) is 0 Å². The molecule has 0 radical (unpaired) electrons. The average molecular weight is 439 g/mol. The maximum Gasteiger partial charge on any atom is 0.193 e. The van der Waals surface area contributed by atoms with Crippen LogP contribution in [0.2, 0.25) is 0 Å². The van der Waals surface area contributed by atoms with Gasteiger partial charge in [0.1, 0.15) is 5.75 Å². The highest BCUT2D eigenvalue weighted by Gasteiger charge is 2.21. The van der Waals surface area contributed by atoms with E-state index in [2.05, 4.69) is 55.3 Å². The normalized spacial score (nSPS) is 11.6. The number of anilines is 1. The fraction of sp³-hybridized carbons (Fsp3) is 0.316. The summed E-state index contributed by atoms with van der Waals surface area (Å²) in [4.78, 5) is 4.51. The number of methoxy groups -OCH3 is 1. The van der Waals surface area contributed by atoms with E-state index < -0.39 is 0 Å². The zero-order valence-electron chi connectivity index (χ0n) is 14.7. The number of guanidine groups is 1. The molecule has 0 atom stereocenters. The first kappa shape index (κ1) is 20.3. The van der Waals surface area contributed by atoms with Gasteiger partial charge >= 0.3 is 0 Å². The Bertz CT molecular complexity index is 699. The molecular formula is C19H26IN3O. The lowest BCUT2D eigenvalue weighted by atomic mass is 9.82. The molecule has 2 aromatic rings. The number of nitrogens with zero attached hydrogens (tertiary/aromatic N) is 1. The highest BCUT2D eigenvalue weighted by molar-refractivity contribution is 14.0. The molecule has 0 bridgehead atoms. The SMILES string of the molecule is COc1cccc(NC(N)=NCC(C)(C)c2ccccc2C)c1.I. The van der Waals surface area contributed by atoms with Crippen LogP contribution in [-0.4, -0.2) is 19.6 Å². The molecule has 0 saturated carbocycles. The van der Waals surface area contributed by atoms with Crippen molar-refractivity contribution in [3.8, 4) is 5.75 Å². The third kappa shape index (κ3) is 5.40. The van der Waals surface area contributed by atoms with Crippen LogP contribution in [0.25, 0.3) is 0 Å². The topological polar surface area (TPSA) is 59.6 Å². The number of benzene rings is 2. The molecule has 0 aliphatic heterocycles. The van der Waals surface area contributed by atoms with Crippen molar-refractivity contribution in [3.63, 3.8) is 0 Å². The van der Waals surface area contributed by atoms with Crippen LogP contribution in [0.1, 0.15) is 25.0 Å². The molecule has 0 amide bonds. The van der Waals surface area contributed by atoms with Crippen LogP contribution >= 0.6 is 24.0 Å². The highest BCUT2D eigenvalue weighted by atomic mass is 127. The van der Waals surface area contributed by atoms with Crippen LogP contribution in [0, 0.1) is 6.92 Å². The average Bonchev–Trinajstić information content (AvgIpc) is 2.53. The summed E-state index contributed by atoms with van der Waals surface area (Å²) in [5, 5.41) is 3.10. The molecule has 0 spiro atoms. The summed E-state index contributed by atoms with van der Waals surface area (Å²) in [5.41, 5.74) is 9.36. The lowest BCUT2D eigenvalue weighted by Gasteiger charge is -2.25. The van der Waals surface area contributed by atoms with Crippen LogP contribution < -0.4 is 15.8 Å². The van der Waals surface area contributed by atoms with Gasteiger partial charge in [0.15, 0.2) is 5.96 Å². The molecule has 24 heavy (non-hydrogen) atoms. The molecule has 0 unspecified atom stereocenters. The zero-order valence-corrected chi connectivity index (χ0v) is 17.0. The molecule has 3 N–H and O–H groups in total. The van der Waals surface area contributed by atoms with E-state index in [1.165, 1.54) is 11.1 Å². The number of nitrogens with one attached hydrogen (secondary N) is 1. The van der Waals surface area contributed by atoms with Crippen molar-refractivity contribution in [2.75, 3.05) is 19.0 Å². The van der Waals surface area contributed by atoms with E-state index in [0.717, 1.165) is 11.4 Å². The largest absolute Gasteiger partial charge is 0.497 e. The minimum atomic E-state index is -0.0774. The van der Waals surface area contributed by atoms with E-state index in [4.69, 9.17) is 10.5 Å². The van der Waals surface area contributed by atoms with Crippen molar-refractivity contribution in [3.05, 3.63) is 59.7 Å². The van der Waals surface area contributed by atoms with Crippen molar-refractivity contribution >= 4 is 35.6 Å². The van der Waals surface area contributed by atoms with Gasteiger partial charge in [-0.2, -0.15) is 0 Å². The molecule has 2 rings (SSSR count). The Balaban J connectivity index is 0.00000288. The number of rotatable bonds is 5. The summed E-state index contributed by atoms with van der Waals surface area (Å²) < 4.78 is 5.20. The second-order valence-electron chi connectivity index (χ2n) is 6.26. The van der Waals surface area contributed by atoms with Crippen LogP contribution in [0.5, 0.6) is 5.75 Å². The van der Waals surface area contributed by atoms with Gasteiger partial charge in [-0.3, -0.25) is 4.99 Å². The molecule has 130 valence electrons. The first-order valence-electron chi connectivity index (χ1n) is 7.69. The van der Waals surface area contributed by atoms with Crippen LogP contribution in [0.4, 0.5) is 5.69 Å². The summed E-state index contributed by atoms with van der Waals surface area (Å²) in [5.74, 6) is 1.18. The van der Waals surface area contributed by atoms with Gasteiger partial charge in [0, 0.05) is 17.2 Å². The molecule has 4 nitrogen and oxygen atoms in total. The summed E-state index contributed by atoms with van der Waals surface area (Å²) in [6.07, 6.45) is 0. The van der Waals surface area contributed by atoms with Gasteiger partial charge in [-0.15, -0.1) is 24.0 Å². The Labute approximate surface area is 161 Å². The van der Waals surface area contributed by atoms with Crippen molar-refractivity contribution < 1.29 is 4.74 Å². The van der Waals surface area contributed by atoms with Gasteiger partial charge in [-0.05, 0) is 30.2 Å². The summed E-state index contributed by atoms with van der Waals surface area (Å²) in [6.45, 7) is 7.09. The Hall–Kier alpha value is -1.76. The quantitative estimate of drug-likeness (QED) is 0.414. The van der Waals surface area contributed by atoms with Crippen molar-refractivity contribution in [2.24, 2.45) is 10.7 Å². The van der Waals surface area contributed by atoms with Gasteiger partial charge in [0.25, 0.3) is 0 Å². The fourth-order valence-electron chi connectivity index (χ4n) is 2.59. The number of aliphatic imine (C=N–C) groups is 1. The van der Waals surface area contributed by atoms with Gasteiger partial charge < -0.3 is 15.8 Å². The predicted octanol–water partition coefficient (Wildman–Crippen LogP) is 4.33. The Morgan fingerprint density at radius 2 is 1.88 bits per heavy atom. The van der Waals surface area contributed by atoms with Crippen molar-refractivity contribution in [2.45, 2.75) is 26.2 Å². The van der Waals surface area contributed by atoms with Crippen LogP contribution in [-0.2, 0) is 5.41 Å². The number of halogens is 1. The summed E-state index contributed by atoms with van der Waals surface area (Å²) in [6, 6.07) is 16.0. The third-order valence-corrected chi connectivity index (χ3v) is 3.86. The van der Waals surface area contributed by atoms with E-state index >= 15 is 0 Å². The van der Waals surface area contributed by atoms with E-state index in [1.54, 1.807) is 7.11 Å². The first-order valence-corrected chi connectivity index (χ1v) is 7.69. The van der Waals surface area contributed by atoms with Gasteiger partial charge in [-0.1, -0.05) is 44.2 Å². The third-order valence-electron chi connectivity index (χ3n) is 3.86. The number of nitrogens with two attached hydrogens (primary N) is 1. The lowest BCUT2D eigenvalue weighted by molar-refractivity contribution is 0.415. The minimum absolute atomic E-state index is 0. The Morgan fingerprint density at radius 1 is 1.17 bits per heavy atom. The number of ether oxygens (including phenoxy) is 1. The van der Waals surface area contributed by atoms with E-state index in [0.29, 0.717) is 12.5 Å². The molecule has 0 saturated heterocycles. The maximum atomic E-state index is 6.02. The minimum Gasteiger partial charge on any atom is -0.497 e. The Kier molecular flexibility index (Phi) is 7.54. The molecule has 5 heteroatoms. The molecule has 2 aromatic carbocycles. The summed E-state index contributed by atoms with van der Waals surface area (Å²) >= 11 is 0. The second-order valence-corrected chi connectivity index (χ2v) is 6.26. The standard InChI is InChI=1S/C19H25N3O.HI/c1-14-8-5-6-11-17(14)19(2,3)13-21-18(20)22-15-9-7-10-16(12-15)23-4;/h5-12H,13H2,1-4H3,(H3,20,21,22);1H. The molecular weight excluding hydrogens is 413 g/mol. The van der Waals surface area contributed by atoms with Crippen molar-refractivity contribution in [1.82, 2.24) is 0 Å².